The minimum atomic E-state index is -0.412. The first-order valence-corrected chi connectivity index (χ1v) is 10.1. The number of carbonyl (C=O) groups is 2. The summed E-state index contributed by atoms with van der Waals surface area (Å²) in [6.07, 6.45) is 4.51. The van der Waals surface area contributed by atoms with Crippen molar-refractivity contribution in [2.24, 2.45) is 5.92 Å². The van der Waals surface area contributed by atoms with Crippen molar-refractivity contribution in [2.75, 3.05) is 32.8 Å². The fourth-order valence-corrected chi connectivity index (χ4v) is 4.45. The molecule has 2 atom stereocenters. The Morgan fingerprint density at radius 1 is 1.00 bits per heavy atom. The number of rotatable bonds is 4. The first kappa shape index (κ1) is 18.3. The number of hydrogen-bond acceptors (Lipinski definition) is 4. The lowest BCUT2D eigenvalue weighted by Gasteiger charge is -2.33. The van der Waals surface area contributed by atoms with Gasteiger partial charge in [-0.2, -0.15) is 0 Å². The second-order valence-electron chi connectivity index (χ2n) is 7.71. The van der Waals surface area contributed by atoms with Crippen molar-refractivity contribution in [3.8, 4) is 5.75 Å². The maximum absolute atomic E-state index is 13.1. The number of nitrogens with zero attached hydrogens (tertiary/aromatic N) is 2. The predicted octanol–water partition coefficient (Wildman–Crippen LogP) is 2.08. The fraction of sp³-hybridized carbons (Fsp3) is 0.619. The van der Waals surface area contributed by atoms with Crippen molar-refractivity contribution in [1.29, 1.82) is 0 Å². The largest absolute Gasteiger partial charge is 0.488 e. The molecule has 3 fully saturated rings. The number of amides is 2. The van der Waals surface area contributed by atoms with Gasteiger partial charge in [0.2, 0.25) is 11.8 Å². The van der Waals surface area contributed by atoms with Crippen LogP contribution in [0.1, 0.15) is 32.1 Å². The molecule has 2 amide bonds. The number of ether oxygens (including phenoxy) is 2. The smallest absolute Gasteiger partial charge is 0.245 e. The van der Waals surface area contributed by atoms with Gasteiger partial charge in [0.05, 0.1) is 19.8 Å². The molecule has 1 aromatic rings. The zero-order valence-electron chi connectivity index (χ0n) is 15.7. The minimum Gasteiger partial charge on any atom is -0.488 e. The zero-order valence-corrected chi connectivity index (χ0v) is 15.7. The first-order chi connectivity index (χ1) is 13.2. The van der Waals surface area contributed by atoms with Crippen molar-refractivity contribution in [3.05, 3.63) is 30.3 Å². The van der Waals surface area contributed by atoms with E-state index in [1.807, 2.05) is 35.2 Å². The van der Waals surface area contributed by atoms with E-state index < -0.39 is 6.04 Å². The summed E-state index contributed by atoms with van der Waals surface area (Å²) in [4.78, 5) is 29.9. The van der Waals surface area contributed by atoms with Crippen molar-refractivity contribution < 1.29 is 19.1 Å². The normalized spacial score (nSPS) is 26.4. The first-order valence-electron chi connectivity index (χ1n) is 10.1. The Morgan fingerprint density at radius 3 is 2.41 bits per heavy atom. The van der Waals surface area contributed by atoms with Gasteiger partial charge in [-0.1, -0.05) is 31.0 Å². The van der Waals surface area contributed by atoms with Gasteiger partial charge in [-0.05, 0) is 25.0 Å². The molecule has 0 N–H and O–H groups in total. The van der Waals surface area contributed by atoms with E-state index in [0.29, 0.717) is 39.3 Å². The molecule has 0 spiro atoms. The Hall–Kier alpha value is -2.08. The third kappa shape index (κ3) is 4.10. The van der Waals surface area contributed by atoms with Gasteiger partial charge in [-0.25, -0.2) is 0 Å². The summed E-state index contributed by atoms with van der Waals surface area (Å²) < 4.78 is 11.5. The highest BCUT2D eigenvalue weighted by Gasteiger charge is 2.44. The van der Waals surface area contributed by atoms with Gasteiger partial charge < -0.3 is 19.3 Å². The van der Waals surface area contributed by atoms with Gasteiger partial charge in [0, 0.05) is 25.4 Å². The van der Waals surface area contributed by atoms with Crippen LogP contribution in [0.5, 0.6) is 5.75 Å². The molecule has 146 valence electrons. The quantitative estimate of drug-likeness (QED) is 0.812. The molecule has 0 unspecified atom stereocenters. The second kappa shape index (κ2) is 8.30. The van der Waals surface area contributed by atoms with Crippen LogP contribution in [0.4, 0.5) is 0 Å². The van der Waals surface area contributed by atoms with E-state index >= 15 is 0 Å². The van der Waals surface area contributed by atoms with Crippen LogP contribution in [0, 0.1) is 5.92 Å². The molecule has 2 saturated heterocycles. The minimum absolute atomic E-state index is 0.0452. The average molecular weight is 372 g/mol. The molecule has 0 radical (unpaired) electrons. The molecule has 2 heterocycles. The average Bonchev–Trinajstić information content (AvgIpc) is 3.39. The molecule has 0 bridgehead atoms. The number of morpholine rings is 1. The summed E-state index contributed by atoms with van der Waals surface area (Å²) in [5.74, 6) is 1.04. The highest BCUT2D eigenvalue weighted by atomic mass is 16.5. The highest BCUT2D eigenvalue weighted by Crippen LogP contribution is 2.31. The maximum Gasteiger partial charge on any atom is 0.245 e. The van der Waals surface area contributed by atoms with Gasteiger partial charge in [-0.15, -0.1) is 0 Å². The zero-order chi connectivity index (χ0) is 18.6. The number of carbonyl (C=O) groups excluding carboxylic acids is 2. The Balaban J connectivity index is 1.49. The highest BCUT2D eigenvalue weighted by molar-refractivity contribution is 5.89. The summed E-state index contributed by atoms with van der Waals surface area (Å²) >= 11 is 0. The molecule has 1 aliphatic carbocycles. The van der Waals surface area contributed by atoms with Gasteiger partial charge in [-0.3, -0.25) is 9.59 Å². The van der Waals surface area contributed by atoms with Crippen LogP contribution in [0.3, 0.4) is 0 Å². The number of likely N-dealkylation sites (tertiary alicyclic amines) is 1. The molecule has 0 aromatic heterocycles. The third-order valence-electron chi connectivity index (χ3n) is 5.90. The van der Waals surface area contributed by atoms with E-state index in [9.17, 15) is 9.59 Å². The SMILES string of the molecule is O=C([C@@H]1C[C@H](Oc2ccccc2)CN1C(=O)C1CCCC1)N1CCOCC1. The summed E-state index contributed by atoms with van der Waals surface area (Å²) in [5.41, 5.74) is 0. The summed E-state index contributed by atoms with van der Waals surface area (Å²) in [5, 5.41) is 0. The summed E-state index contributed by atoms with van der Waals surface area (Å²) in [6.45, 7) is 2.83. The van der Waals surface area contributed by atoms with Crippen molar-refractivity contribution in [2.45, 2.75) is 44.2 Å². The Labute approximate surface area is 160 Å². The van der Waals surface area contributed by atoms with Crippen molar-refractivity contribution in [1.82, 2.24) is 9.80 Å². The van der Waals surface area contributed by atoms with Crippen LogP contribution in [0.25, 0.3) is 0 Å². The van der Waals surface area contributed by atoms with Crippen LogP contribution in [-0.4, -0.2) is 66.6 Å². The topological polar surface area (TPSA) is 59.1 Å². The Kier molecular flexibility index (Phi) is 5.62. The lowest BCUT2D eigenvalue weighted by molar-refractivity contribution is -0.148. The van der Waals surface area contributed by atoms with Gasteiger partial charge in [0.15, 0.2) is 0 Å². The Morgan fingerprint density at radius 2 is 1.70 bits per heavy atom. The van der Waals surface area contributed by atoms with Gasteiger partial charge >= 0.3 is 0 Å². The maximum atomic E-state index is 13.1. The van der Waals surface area contributed by atoms with Crippen LogP contribution in [0.15, 0.2) is 30.3 Å². The molecular formula is C21H28N2O4. The molecule has 6 nitrogen and oxygen atoms in total. The predicted molar refractivity (Wildman–Crippen MR) is 100 cm³/mol. The number of para-hydroxylation sites is 1. The lowest BCUT2D eigenvalue weighted by Crippen LogP contribution is -2.51. The molecule has 6 heteroatoms. The van der Waals surface area contributed by atoms with Crippen molar-refractivity contribution in [3.63, 3.8) is 0 Å². The monoisotopic (exact) mass is 372 g/mol. The lowest BCUT2D eigenvalue weighted by atomic mass is 10.1. The molecule has 1 saturated carbocycles. The van der Waals surface area contributed by atoms with Crippen LogP contribution < -0.4 is 4.74 Å². The van der Waals surface area contributed by atoms with Crippen LogP contribution >= 0.6 is 0 Å². The molecule has 27 heavy (non-hydrogen) atoms. The molecule has 1 aromatic carbocycles. The van der Waals surface area contributed by atoms with Crippen molar-refractivity contribution >= 4 is 11.8 Å². The van der Waals surface area contributed by atoms with E-state index in [2.05, 4.69) is 0 Å². The van der Waals surface area contributed by atoms with Gasteiger partial charge in [0.1, 0.15) is 17.9 Å². The van der Waals surface area contributed by atoms with E-state index in [0.717, 1.165) is 31.4 Å². The van der Waals surface area contributed by atoms with Crippen LogP contribution in [-0.2, 0) is 14.3 Å². The van der Waals surface area contributed by atoms with Gasteiger partial charge in [0.25, 0.3) is 0 Å². The standard InChI is InChI=1S/C21H28N2O4/c24-20(16-6-4-5-7-16)23-15-18(27-17-8-2-1-3-9-17)14-19(23)21(25)22-10-12-26-13-11-22/h1-3,8-9,16,18-19H,4-7,10-15H2/t18-,19-/m0/s1. The molecule has 4 rings (SSSR count). The molecular weight excluding hydrogens is 344 g/mol. The number of hydrogen-bond donors (Lipinski definition) is 0. The summed E-state index contributed by atoms with van der Waals surface area (Å²) in [7, 11) is 0. The Bertz CT molecular complexity index is 653. The molecule has 2 aliphatic heterocycles. The van der Waals surface area contributed by atoms with E-state index in [4.69, 9.17) is 9.47 Å². The number of benzene rings is 1. The second-order valence-corrected chi connectivity index (χ2v) is 7.71. The van der Waals surface area contributed by atoms with E-state index in [-0.39, 0.29) is 23.8 Å². The fourth-order valence-electron chi connectivity index (χ4n) is 4.45. The van der Waals surface area contributed by atoms with E-state index in [1.165, 1.54) is 0 Å². The molecule has 3 aliphatic rings. The van der Waals surface area contributed by atoms with Crippen LogP contribution in [0.2, 0.25) is 0 Å². The van der Waals surface area contributed by atoms with E-state index in [1.54, 1.807) is 4.90 Å². The summed E-state index contributed by atoms with van der Waals surface area (Å²) in [6, 6.07) is 9.23. The third-order valence-corrected chi connectivity index (χ3v) is 5.90.